The number of hydrogen-bond acceptors (Lipinski definition) is 3. The monoisotopic (exact) mass is 256 g/mol. The zero-order valence-corrected chi connectivity index (χ0v) is 11.6. The minimum atomic E-state index is 0.0614. The Labute approximate surface area is 108 Å². The summed E-state index contributed by atoms with van der Waals surface area (Å²) in [6, 6.07) is 0.752. The lowest BCUT2D eigenvalue weighted by Crippen LogP contribution is -2.54. The van der Waals surface area contributed by atoms with E-state index in [2.05, 4.69) is 5.32 Å². The molecule has 0 aromatic heterocycles. The Hall–Kier alpha value is -0.220. The molecule has 0 heterocycles. The Morgan fingerprint density at radius 1 is 1.35 bits per heavy atom. The Bertz CT molecular complexity index is 271. The summed E-state index contributed by atoms with van der Waals surface area (Å²) in [7, 11) is 0. The molecule has 3 unspecified atom stereocenters. The summed E-state index contributed by atoms with van der Waals surface area (Å²) in [5.41, 5.74) is 6.09. The molecule has 2 aliphatic rings. The van der Waals surface area contributed by atoms with E-state index in [4.69, 9.17) is 5.73 Å². The first-order valence-corrected chi connectivity index (χ1v) is 7.99. The van der Waals surface area contributed by atoms with Crippen molar-refractivity contribution in [3.63, 3.8) is 0 Å². The molecule has 3 atom stereocenters. The fraction of sp³-hybridized carbons (Fsp3) is 0.923. The molecule has 2 saturated carbocycles. The Morgan fingerprint density at radius 2 is 1.94 bits per heavy atom. The largest absolute Gasteiger partial charge is 0.352 e. The van der Waals surface area contributed by atoms with E-state index in [0.29, 0.717) is 23.9 Å². The molecule has 17 heavy (non-hydrogen) atoms. The number of carbonyl (C=O) groups excluding carboxylic acids is 1. The van der Waals surface area contributed by atoms with Gasteiger partial charge in [0.1, 0.15) is 0 Å². The third-order valence-electron chi connectivity index (χ3n) is 4.41. The van der Waals surface area contributed by atoms with Crippen LogP contribution in [0.2, 0.25) is 0 Å². The molecule has 2 bridgehead atoms. The summed E-state index contributed by atoms with van der Waals surface area (Å²) in [4.78, 5) is 12.0. The van der Waals surface area contributed by atoms with Crippen LogP contribution in [-0.2, 0) is 4.79 Å². The van der Waals surface area contributed by atoms with Crippen LogP contribution < -0.4 is 11.1 Å². The Morgan fingerprint density at radius 3 is 2.47 bits per heavy atom. The highest BCUT2D eigenvalue weighted by Crippen LogP contribution is 2.39. The number of carbonyl (C=O) groups is 1. The van der Waals surface area contributed by atoms with Gasteiger partial charge in [-0.3, -0.25) is 4.79 Å². The number of amides is 1. The van der Waals surface area contributed by atoms with E-state index in [1.807, 2.05) is 13.2 Å². The van der Waals surface area contributed by atoms with Gasteiger partial charge >= 0.3 is 0 Å². The van der Waals surface area contributed by atoms with Crippen LogP contribution in [0.4, 0.5) is 0 Å². The third-order valence-corrected chi connectivity index (χ3v) is 5.33. The van der Waals surface area contributed by atoms with Crippen molar-refractivity contribution in [2.75, 3.05) is 6.26 Å². The number of rotatable bonds is 3. The van der Waals surface area contributed by atoms with E-state index in [1.54, 1.807) is 11.8 Å². The molecular formula is C13H24N2OS. The summed E-state index contributed by atoms with van der Waals surface area (Å²) in [5, 5.41) is 3.34. The first kappa shape index (κ1) is 13.2. The zero-order chi connectivity index (χ0) is 12.4. The minimum Gasteiger partial charge on any atom is -0.352 e. The molecule has 98 valence electrons. The molecule has 1 amide bonds. The van der Waals surface area contributed by atoms with Crippen LogP contribution in [0.3, 0.4) is 0 Å². The molecule has 2 rings (SSSR count). The Balaban J connectivity index is 1.98. The van der Waals surface area contributed by atoms with Crippen molar-refractivity contribution in [3.05, 3.63) is 0 Å². The molecule has 0 aliphatic heterocycles. The molecule has 0 aromatic rings. The fourth-order valence-electron chi connectivity index (χ4n) is 3.41. The van der Waals surface area contributed by atoms with Crippen molar-refractivity contribution in [2.45, 2.75) is 56.4 Å². The number of hydrogen-bond donors (Lipinski definition) is 2. The number of fused-ring (bicyclic) bond motifs is 2. The summed E-state index contributed by atoms with van der Waals surface area (Å²) < 4.78 is 0. The van der Waals surface area contributed by atoms with E-state index in [1.165, 1.54) is 19.3 Å². The maximum Gasteiger partial charge on any atom is 0.233 e. The summed E-state index contributed by atoms with van der Waals surface area (Å²) in [6.07, 6.45) is 7.96. The SMILES string of the molecule is CSC(C)C(=O)NC1C2CCCC1CC(N)C2. The van der Waals surface area contributed by atoms with Crippen LogP contribution in [0.1, 0.15) is 39.0 Å². The summed E-state index contributed by atoms with van der Waals surface area (Å²) >= 11 is 1.61. The van der Waals surface area contributed by atoms with Crippen molar-refractivity contribution >= 4 is 17.7 Å². The van der Waals surface area contributed by atoms with Gasteiger partial charge in [0.15, 0.2) is 0 Å². The van der Waals surface area contributed by atoms with Gasteiger partial charge in [0.25, 0.3) is 0 Å². The number of nitrogens with one attached hydrogen (secondary N) is 1. The molecule has 4 heteroatoms. The average Bonchev–Trinajstić information content (AvgIpc) is 2.29. The smallest absolute Gasteiger partial charge is 0.233 e. The van der Waals surface area contributed by atoms with Crippen LogP contribution in [-0.4, -0.2) is 29.5 Å². The summed E-state index contributed by atoms with van der Waals surface area (Å²) in [6.45, 7) is 1.98. The molecule has 0 saturated heterocycles. The number of nitrogens with two attached hydrogens (primary N) is 1. The van der Waals surface area contributed by atoms with E-state index in [-0.39, 0.29) is 11.2 Å². The topological polar surface area (TPSA) is 55.1 Å². The van der Waals surface area contributed by atoms with Crippen molar-refractivity contribution in [3.8, 4) is 0 Å². The van der Waals surface area contributed by atoms with Gasteiger partial charge in [0, 0.05) is 12.1 Å². The lowest BCUT2D eigenvalue weighted by atomic mass is 9.67. The van der Waals surface area contributed by atoms with Crippen LogP contribution in [0, 0.1) is 11.8 Å². The average molecular weight is 256 g/mol. The van der Waals surface area contributed by atoms with Crippen LogP contribution >= 0.6 is 11.8 Å². The van der Waals surface area contributed by atoms with E-state index in [9.17, 15) is 4.79 Å². The van der Waals surface area contributed by atoms with Gasteiger partial charge in [-0.15, -0.1) is 0 Å². The van der Waals surface area contributed by atoms with Gasteiger partial charge in [-0.2, -0.15) is 11.8 Å². The Kier molecular flexibility index (Phi) is 4.36. The second kappa shape index (κ2) is 5.61. The van der Waals surface area contributed by atoms with Gasteiger partial charge in [-0.1, -0.05) is 6.42 Å². The number of thioether (sulfide) groups is 1. The highest BCUT2D eigenvalue weighted by Gasteiger charge is 2.40. The summed E-state index contributed by atoms with van der Waals surface area (Å²) in [5.74, 6) is 1.45. The van der Waals surface area contributed by atoms with Crippen LogP contribution in [0.15, 0.2) is 0 Å². The normalized spacial score (nSPS) is 38.5. The molecule has 3 nitrogen and oxygen atoms in total. The maximum atomic E-state index is 12.0. The molecule has 2 aliphatic carbocycles. The molecule has 0 aromatic carbocycles. The first-order chi connectivity index (χ1) is 8.11. The van der Waals surface area contributed by atoms with Gasteiger partial charge in [-0.25, -0.2) is 0 Å². The van der Waals surface area contributed by atoms with Crippen molar-refractivity contribution in [1.29, 1.82) is 0 Å². The molecular weight excluding hydrogens is 232 g/mol. The molecule has 0 spiro atoms. The van der Waals surface area contributed by atoms with Crippen molar-refractivity contribution in [2.24, 2.45) is 17.6 Å². The van der Waals surface area contributed by atoms with Gasteiger partial charge in [0.2, 0.25) is 5.91 Å². The lowest BCUT2D eigenvalue weighted by Gasteiger charge is -2.45. The molecule has 0 radical (unpaired) electrons. The minimum absolute atomic E-state index is 0.0614. The third kappa shape index (κ3) is 2.97. The zero-order valence-electron chi connectivity index (χ0n) is 10.8. The fourth-order valence-corrected chi connectivity index (χ4v) is 3.70. The maximum absolute atomic E-state index is 12.0. The molecule has 2 fully saturated rings. The second-order valence-corrected chi connectivity index (χ2v) is 6.77. The molecule has 3 N–H and O–H groups in total. The van der Waals surface area contributed by atoms with Gasteiger partial charge in [-0.05, 0) is 50.7 Å². The van der Waals surface area contributed by atoms with Crippen molar-refractivity contribution in [1.82, 2.24) is 5.32 Å². The van der Waals surface area contributed by atoms with Crippen LogP contribution in [0.25, 0.3) is 0 Å². The second-order valence-electron chi connectivity index (χ2n) is 5.59. The van der Waals surface area contributed by atoms with E-state index in [0.717, 1.165) is 12.8 Å². The lowest BCUT2D eigenvalue weighted by molar-refractivity contribution is -0.122. The van der Waals surface area contributed by atoms with Gasteiger partial charge < -0.3 is 11.1 Å². The van der Waals surface area contributed by atoms with Gasteiger partial charge in [0.05, 0.1) is 5.25 Å². The standard InChI is InChI=1S/C13H24N2OS/c1-8(17-2)13(16)15-12-9-4-3-5-10(12)7-11(14)6-9/h8-12H,3-7,14H2,1-2H3,(H,15,16). The predicted octanol–water partition coefficient (Wildman–Crippen LogP) is 1.76. The van der Waals surface area contributed by atoms with E-state index >= 15 is 0 Å². The van der Waals surface area contributed by atoms with Crippen molar-refractivity contribution < 1.29 is 4.79 Å². The highest BCUT2D eigenvalue weighted by molar-refractivity contribution is 7.99. The van der Waals surface area contributed by atoms with Crippen LogP contribution in [0.5, 0.6) is 0 Å². The highest BCUT2D eigenvalue weighted by atomic mass is 32.2. The van der Waals surface area contributed by atoms with E-state index < -0.39 is 0 Å². The first-order valence-electron chi connectivity index (χ1n) is 6.70. The predicted molar refractivity (Wildman–Crippen MR) is 72.9 cm³/mol. The quantitative estimate of drug-likeness (QED) is 0.809.